The van der Waals surface area contributed by atoms with Gasteiger partial charge in [-0.2, -0.15) is 0 Å². The van der Waals surface area contributed by atoms with E-state index in [0.717, 1.165) is 38.0 Å². The lowest BCUT2D eigenvalue weighted by atomic mass is 9.87. The molecule has 1 saturated carbocycles. The third kappa shape index (κ3) is 3.31. The molecule has 1 atom stereocenters. The van der Waals surface area contributed by atoms with E-state index in [1.54, 1.807) is 0 Å². The van der Waals surface area contributed by atoms with Gasteiger partial charge >= 0.3 is 0 Å². The zero-order valence-electron chi connectivity index (χ0n) is 11.3. The van der Waals surface area contributed by atoms with E-state index >= 15 is 0 Å². The number of nitrogens with zero attached hydrogens (tertiary/aromatic N) is 1. The van der Waals surface area contributed by atoms with Crippen molar-refractivity contribution in [3.05, 3.63) is 35.9 Å². The Morgan fingerprint density at radius 1 is 1.21 bits per heavy atom. The standard InChI is InChI=1S/C16H22ClNO/c17-16(8-9-16)12-18-10-6-14(7-11-18)15(19)13-4-2-1-3-5-13/h1-5,14-15,19H,6-12H2. The molecule has 104 valence electrons. The van der Waals surface area contributed by atoms with Gasteiger partial charge < -0.3 is 10.0 Å². The summed E-state index contributed by atoms with van der Waals surface area (Å²) in [5.74, 6) is 0.393. The number of halogens is 1. The summed E-state index contributed by atoms with van der Waals surface area (Å²) < 4.78 is 0. The van der Waals surface area contributed by atoms with Gasteiger partial charge in [-0.1, -0.05) is 30.3 Å². The molecule has 0 radical (unpaired) electrons. The van der Waals surface area contributed by atoms with Crippen LogP contribution >= 0.6 is 11.6 Å². The molecule has 3 rings (SSSR count). The molecule has 0 amide bonds. The van der Waals surface area contributed by atoms with Crippen LogP contribution in [-0.4, -0.2) is 34.5 Å². The fourth-order valence-electron chi connectivity index (χ4n) is 3.04. The van der Waals surface area contributed by atoms with Crippen molar-refractivity contribution in [2.45, 2.75) is 36.7 Å². The summed E-state index contributed by atoms with van der Waals surface area (Å²) in [5.41, 5.74) is 1.05. The van der Waals surface area contributed by atoms with Crippen LogP contribution in [0, 0.1) is 5.92 Å². The summed E-state index contributed by atoms with van der Waals surface area (Å²) in [6.07, 6.45) is 4.17. The van der Waals surface area contributed by atoms with Gasteiger partial charge in [-0.25, -0.2) is 0 Å². The SMILES string of the molecule is OC(c1ccccc1)C1CCN(CC2(Cl)CC2)CC1. The number of alkyl halides is 1. The van der Waals surface area contributed by atoms with Crippen molar-refractivity contribution in [1.29, 1.82) is 0 Å². The molecule has 2 fully saturated rings. The van der Waals surface area contributed by atoms with E-state index in [9.17, 15) is 5.11 Å². The lowest BCUT2D eigenvalue weighted by molar-refractivity contribution is 0.0584. The molecule has 1 aliphatic heterocycles. The third-order valence-electron chi connectivity index (χ3n) is 4.52. The van der Waals surface area contributed by atoms with Crippen molar-refractivity contribution < 1.29 is 5.11 Å². The second kappa shape index (κ2) is 5.43. The topological polar surface area (TPSA) is 23.5 Å². The maximum Gasteiger partial charge on any atom is 0.0819 e. The molecule has 3 heteroatoms. The molecule has 1 aromatic carbocycles. The summed E-state index contributed by atoms with van der Waals surface area (Å²) in [6.45, 7) is 3.18. The first-order valence-electron chi connectivity index (χ1n) is 7.31. The molecule has 2 aliphatic rings. The molecule has 1 aromatic rings. The van der Waals surface area contributed by atoms with Crippen molar-refractivity contribution in [2.75, 3.05) is 19.6 Å². The number of aliphatic hydroxyl groups is 1. The van der Waals surface area contributed by atoms with Gasteiger partial charge in [0.15, 0.2) is 0 Å². The predicted molar refractivity (Wildman–Crippen MR) is 78.4 cm³/mol. The minimum Gasteiger partial charge on any atom is -0.388 e. The normalized spacial score (nSPS) is 25.2. The number of likely N-dealkylation sites (tertiary alicyclic amines) is 1. The van der Waals surface area contributed by atoms with Crippen LogP contribution in [0.2, 0.25) is 0 Å². The average Bonchev–Trinajstić information content (AvgIpc) is 3.17. The maximum atomic E-state index is 10.4. The number of hydrogen-bond donors (Lipinski definition) is 1. The first-order chi connectivity index (χ1) is 9.16. The van der Waals surface area contributed by atoms with Gasteiger partial charge in [-0.15, -0.1) is 11.6 Å². The highest BCUT2D eigenvalue weighted by Gasteiger charge is 2.42. The van der Waals surface area contributed by atoms with Crippen LogP contribution in [0.3, 0.4) is 0 Å². The summed E-state index contributed by atoms with van der Waals surface area (Å²) in [6, 6.07) is 10.0. The number of benzene rings is 1. The van der Waals surface area contributed by atoms with E-state index in [2.05, 4.69) is 4.90 Å². The van der Waals surface area contributed by atoms with Crippen LogP contribution in [0.1, 0.15) is 37.4 Å². The largest absolute Gasteiger partial charge is 0.388 e. The van der Waals surface area contributed by atoms with Crippen LogP contribution in [0.25, 0.3) is 0 Å². The smallest absolute Gasteiger partial charge is 0.0819 e. The van der Waals surface area contributed by atoms with Gasteiger partial charge in [-0.05, 0) is 50.3 Å². The Bertz CT molecular complexity index is 410. The second-order valence-electron chi connectivity index (χ2n) is 6.12. The quantitative estimate of drug-likeness (QED) is 0.856. The Morgan fingerprint density at radius 2 is 1.84 bits per heavy atom. The molecule has 1 aliphatic carbocycles. The first kappa shape index (κ1) is 13.4. The fourth-order valence-corrected chi connectivity index (χ4v) is 3.31. The van der Waals surface area contributed by atoms with E-state index in [1.807, 2.05) is 30.3 Å². The monoisotopic (exact) mass is 279 g/mol. The lowest BCUT2D eigenvalue weighted by Gasteiger charge is -2.35. The summed E-state index contributed by atoms with van der Waals surface area (Å²) in [4.78, 5) is 2.55. The molecule has 0 aromatic heterocycles. The molecule has 1 saturated heterocycles. The fraction of sp³-hybridized carbons (Fsp3) is 0.625. The Balaban J connectivity index is 1.52. The first-order valence-corrected chi connectivity index (χ1v) is 7.68. The van der Waals surface area contributed by atoms with Gasteiger partial charge in [0.05, 0.1) is 11.0 Å². The van der Waals surface area contributed by atoms with E-state index < -0.39 is 0 Å². The van der Waals surface area contributed by atoms with Crippen LogP contribution in [0.5, 0.6) is 0 Å². The molecule has 0 spiro atoms. The number of hydrogen-bond acceptors (Lipinski definition) is 2. The summed E-state index contributed by atoms with van der Waals surface area (Å²) in [7, 11) is 0. The van der Waals surface area contributed by atoms with E-state index in [1.165, 1.54) is 12.8 Å². The summed E-state index contributed by atoms with van der Waals surface area (Å²) in [5, 5.41) is 10.4. The van der Waals surface area contributed by atoms with Gasteiger partial charge in [0.2, 0.25) is 0 Å². The van der Waals surface area contributed by atoms with Crippen LogP contribution in [-0.2, 0) is 0 Å². The Hall–Kier alpha value is -0.570. The van der Waals surface area contributed by atoms with Crippen LogP contribution in [0.4, 0.5) is 0 Å². The van der Waals surface area contributed by atoms with Crippen molar-refractivity contribution in [1.82, 2.24) is 4.90 Å². The highest BCUT2D eigenvalue weighted by molar-refractivity contribution is 6.26. The van der Waals surface area contributed by atoms with Gasteiger partial charge in [0, 0.05) is 6.54 Å². The summed E-state index contributed by atoms with van der Waals surface area (Å²) >= 11 is 6.38. The van der Waals surface area contributed by atoms with Gasteiger partial charge in [-0.3, -0.25) is 0 Å². The van der Waals surface area contributed by atoms with Crippen LogP contribution < -0.4 is 0 Å². The van der Waals surface area contributed by atoms with Gasteiger partial charge in [0.1, 0.15) is 0 Å². The molecule has 1 unspecified atom stereocenters. The minimum atomic E-state index is -0.311. The van der Waals surface area contributed by atoms with Crippen molar-refractivity contribution in [3.63, 3.8) is 0 Å². The zero-order chi connectivity index (χ0) is 13.3. The predicted octanol–water partition coefficient (Wildman–Crippen LogP) is 3.20. The highest BCUT2D eigenvalue weighted by Crippen LogP contribution is 2.43. The Kier molecular flexibility index (Phi) is 3.84. The minimum absolute atomic E-state index is 0.0882. The Morgan fingerprint density at radius 3 is 2.42 bits per heavy atom. The van der Waals surface area contributed by atoms with E-state index in [-0.39, 0.29) is 11.0 Å². The lowest BCUT2D eigenvalue weighted by Crippen LogP contribution is -2.39. The molecule has 19 heavy (non-hydrogen) atoms. The molecular formula is C16H22ClNO. The molecule has 1 N–H and O–H groups in total. The zero-order valence-corrected chi connectivity index (χ0v) is 12.0. The molecule has 2 nitrogen and oxygen atoms in total. The molecule has 0 bridgehead atoms. The van der Waals surface area contributed by atoms with Crippen molar-refractivity contribution in [3.8, 4) is 0 Å². The van der Waals surface area contributed by atoms with Crippen LogP contribution in [0.15, 0.2) is 30.3 Å². The van der Waals surface area contributed by atoms with E-state index in [4.69, 9.17) is 11.6 Å². The molecule has 1 heterocycles. The van der Waals surface area contributed by atoms with Crippen molar-refractivity contribution >= 4 is 11.6 Å². The Labute approximate surface area is 120 Å². The second-order valence-corrected chi connectivity index (χ2v) is 6.92. The molecular weight excluding hydrogens is 258 g/mol. The number of piperidine rings is 1. The van der Waals surface area contributed by atoms with E-state index in [0.29, 0.717) is 5.92 Å². The number of aliphatic hydroxyl groups excluding tert-OH is 1. The average molecular weight is 280 g/mol. The third-order valence-corrected chi connectivity index (χ3v) is 5.02. The van der Waals surface area contributed by atoms with Crippen molar-refractivity contribution in [2.24, 2.45) is 5.92 Å². The maximum absolute atomic E-state index is 10.4. The highest BCUT2D eigenvalue weighted by atomic mass is 35.5. The van der Waals surface area contributed by atoms with Gasteiger partial charge in [0.25, 0.3) is 0 Å². The number of rotatable bonds is 4.